The lowest BCUT2D eigenvalue weighted by Gasteiger charge is -2.48. The third-order valence-electron chi connectivity index (χ3n) is 12.4. The molecule has 0 N–H and O–H groups in total. The number of pyridine rings is 1. The molecule has 2 aromatic carbocycles. The Labute approximate surface area is 340 Å². The van der Waals surface area contributed by atoms with Gasteiger partial charge in [-0.15, -0.1) is 5.54 Å². The highest BCUT2D eigenvalue weighted by atomic mass is 28.3. The van der Waals surface area contributed by atoms with E-state index in [0.29, 0.717) is 29.5 Å². The van der Waals surface area contributed by atoms with Crippen LogP contribution in [0.25, 0.3) is 32.9 Å². The zero-order chi connectivity index (χ0) is 42.2. The molecule has 2 fully saturated rings. The second-order valence-corrected chi connectivity index (χ2v) is 23.5. The number of amides is 1. The maximum absolute atomic E-state index is 17.7. The van der Waals surface area contributed by atoms with Crippen LogP contribution in [0.15, 0.2) is 29.1 Å². The molecule has 11 nitrogen and oxygen atoms in total. The Morgan fingerprint density at radius 3 is 2.36 bits per heavy atom. The molecule has 0 radical (unpaired) electrons. The number of halogens is 2. The van der Waals surface area contributed by atoms with Gasteiger partial charge in [0.1, 0.15) is 48.2 Å². The Morgan fingerprint density at radius 2 is 1.72 bits per heavy atom. The van der Waals surface area contributed by atoms with Gasteiger partial charge in [0, 0.05) is 31.7 Å². The number of hydrogen-bond donors (Lipinski definition) is 0. The van der Waals surface area contributed by atoms with Crippen LogP contribution in [0.2, 0.25) is 16.6 Å². The summed E-state index contributed by atoms with van der Waals surface area (Å²) >= 11 is 0. The fourth-order valence-corrected chi connectivity index (χ4v) is 15.2. The Bertz CT molecular complexity index is 2400. The summed E-state index contributed by atoms with van der Waals surface area (Å²) in [5, 5.41) is 1.16. The van der Waals surface area contributed by atoms with Crippen LogP contribution in [-0.2, 0) is 16.5 Å². The number of ether oxygens (including phenoxy) is 4. The fraction of sp³-hybridized carbons (Fsp3) is 0.545. The summed E-state index contributed by atoms with van der Waals surface area (Å²) < 4.78 is 58.9. The van der Waals surface area contributed by atoms with Crippen molar-refractivity contribution in [1.82, 2.24) is 19.4 Å². The van der Waals surface area contributed by atoms with Crippen molar-refractivity contribution in [3.8, 4) is 34.4 Å². The van der Waals surface area contributed by atoms with Gasteiger partial charge >= 0.3 is 11.8 Å². The van der Waals surface area contributed by atoms with Crippen LogP contribution in [-0.4, -0.2) is 83.9 Å². The van der Waals surface area contributed by atoms with Crippen LogP contribution in [0.4, 0.5) is 19.4 Å². The summed E-state index contributed by atoms with van der Waals surface area (Å²) in [6, 6.07) is 5.33. The standard InChI is InChI=1S/C44H55F2N5O6Si/c1-23(2)58(24(3)4,25(5)6)18-17-30-32(45)15-13-27-19-29(55-22-54-12)20-31(34(27)30)37-36(46)39-35-40(48-42(52)49(39)11)50-21-28-14-16-33(38(50)26(7)56-41(35)47-37)51(28)43(53)57-44(8,9)10/h13,15,19-20,23-26,28,33,38H,14,16,21-22H2,1-12H3/t26-,28+,33-,38+/m0/s1. The second kappa shape index (κ2) is 15.1. The molecule has 58 heavy (non-hydrogen) atoms. The average Bonchev–Trinajstić information content (AvgIpc) is 3.39. The number of hydrogen-bond acceptors (Lipinski definition) is 9. The summed E-state index contributed by atoms with van der Waals surface area (Å²) in [7, 11) is 0.615. The van der Waals surface area contributed by atoms with Crippen molar-refractivity contribution in [2.45, 2.75) is 129 Å². The summed E-state index contributed by atoms with van der Waals surface area (Å²) in [4.78, 5) is 40.6. The van der Waals surface area contributed by atoms with Gasteiger partial charge in [0.25, 0.3) is 0 Å². The predicted molar refractivity (Wildman–Crippen MR) is 224 cm³/mol. The highest BCUT2D eigenvalue weighted by Gasteiger charge is 2.54. The minimum absolute atomic E-state index is 0.0592. The van der Waals surface area contributed by atoms with Crippen LogP contribution < -0.4 is 20.1 Å². The molecule has 3 aliphatic rings. The third kappa shape index (κ3) is 6.77. The maximum Gasteiger partial charge on any atom is 0.410 e. The number of carbonyl (C=O) groups excluding carboxylic acids is 1. The molecular formula is C44H55F2N5O6Si. The van der Waals surface area contributed by atoms with Gasteiger partial charge in [-0.2, -0.15) is 4.98 Å². The number of rotatable bonds is 7. The monoisotopic (exact) mass is 815 g/mol. The zero-order valence-corrected chi connectivity index (χ0v) is 36.6. The van der Waals surface area contributed by atoms with Crippen molar-refractivity contribution < 1.29 is 32.5 Å². The summed E-state index contributed by atoms with van der Waals surface area (Å²) in [5.41, 5.74) is 3.27. The zero-order valence-electron chi connectivity index (χ0n) is 35.6. The van der Waals surface area contributed by atoms with E-state index in [1.165, 1.54) is 20.2 Å². The molecule has 310 valence electrons. The van der Waals surface area contributed by atoms with E-state index in [-0.39, 0.29) is 74.9 Å². The third-order valence-corrected chi connectivity index (χ3v) is 18.7. The average molecular weight is 816 g/mol. The second-order valence-electron chi connectivity index (χ2n) is 17.9. The summed E-state index contributed by atoms with van der Waals surface area (Å²) in [5.74, 6) is 2.61. The minimum Gasteiger partial charge on any atom is -0.472 e. The van der Waals surface area contributed by atoms with Gasteiger partial charge in [-0.1, -0.05) is 53.5 Å². The van der Waals surface area contributed by atoms with Crippen LogP contribution >= 0.6 is 0 Å². The molecule has 14 heteroatoms. The number of aryl methyl sites for hydroxylation is 1. The molecule has 3 aliphatic heterocycles. The van der Waals surface area contributed by atoms with Crippen LogP contribution in [0.1, 0.15) is 87.6 Å². The van der Waals surface area contributed by atoms with E-state index in [0.717, 1.165) is 11.0 Å². The molecule has 4 atom stereocenters. The van der Waals surface area contributed by atoms with E-state index in [9.17, 15) is 9.59 Å². The molecule has 0 unspecified atom stereocenters. The lowest BCUT2D eigenvalue weighted by Crippen LogP contribution is -2.65. The quantitative estimate of drug-likeness (QED) is 0.103. The maximum atomic E-state index is 17.7. The molecule has 7 rings (SSSR count). The molecule has 1 amide bonds. The summed E-state index contributed by atoms with van der Waals surface area (Å²) in [6.45, 7) is 20.8. The largest absolute Gasteiger partial charge is 0.472 e. The first kappa shape index (κ1) is 41.4. The lowest BCUT2D eigenvalue weighted by atomic mass is 9.95. The minimum atomic E-state index is -2.34. The molecule has 5 heterocycles. The predicted octanol–water partition coefficient (Wildman–Crippen LogP) is 8.72. The van der Waals surface area contributed by atoms with Gasteiger partial charge in [-0.05, 0) is 80.7 Å². The summed E-state index contributed by atoms with van der Waals surface area (Å²) in [6.07, 6.45) is 0.401. The Morgan fingerprint density at radius 1 is 1.03 bits per heavy atom. The van der Waals surface area contributed by atoms with Gasteiger partial charge < -0.3 is 23.8 Å². The van der Waals surface area contributed by atoms with E-state index in [1.807, 2.05) is 32.6 Å². The van der Waals surface area contributed by atoms with E-state index < -0.39 is 49.2 Å². The van der Waals surface area contributed by atoms with Crippen molar-refractivity contribution >= 4 is 41.7 Å². The first-order chi connectivity index (χ1) is 27.3. The highest BCUT2D eigenvalue weighted by molar-refractivity contribution is 6.90. The van der Waals surface area contributed by atoms with Crippen LogP contribution in [0.3, 0.4) is 0 Å². The molecule has 0 aliphatic carbocycles. The lowest BCUT2D eigenvalue weighted by molar-refractivity contribution is 0.000948. The van der Waals surface area contributed by atoms with Crippen molar-refractivity contribution in [1.29, 1.82) is 0 Å². The van der Waals surface area contributed by atoms with Crippen molar-refractivity contribution in [3.05, 3.63) is 51.9 Å². The van der Waals surface area contributed by atoms with Crippen LogP contribution in [0.5, 0.6) is 11.6 Å². The first-order valence-corrected chi connectivity index (χ1v) is 22.5. The molecule has 0 spiro atoms. The van der Waals surface area contributed by atoms with E-state index >= 15 is 8.78 Å². The molecular weight excluding hydrogens is 761 g/mol. The first-order valence-electron chi connectivity index (χ1n) is 20.3. The van der Waals surface area contributed by atoms with E-state index in [2.05, 4.69) is 58.0 Å². The highest BCUT2D eigenvalue weighted by Crippen LogP contribution is 2.47. The van der Waals surface area contributed by atoms with Crippen molar-refractivity contribution in [2.24, 2.45) is 7.05 Å². The Hall–Kier alpha value is -4.74. The van der Waals surface area contributed by atoms with Gasteiger partial charge in [-0.3, -0.25) is 9.47 Å². The van der Waals surface area contributed by atoms with E-state index in [4.69, 9.17) is 23.9 Å². The van der Waals surface area contributed by atoms with Crippen LogP contribution in [0, 0.1) is 23.1 Å². The number of fused-ring (bicyclic) bond motifs is 6. The Balaban J connectivity index is 1.48. The number of benzene rings is 2. The smallest absolute Gasteiger partial charge is 0.410 e. The topological polar surface area (TPSA) is 108 Å². The molecule has 0 saturated carbocycles. The number of aromatic nitrogens is 3. The van der Waals surface area contributed by atoms with E-state index in [1.54, 1.807) is 23.1 Å². The Kier molecular flexibility index (Phi) is 10.8. The van der Waals surface area contributed by atoms with Gasteiger partial charge in [0.2, 0.25) is 5.88 Å². The molecule has 4 aromatic rings. The normalized spacial score (nSPS) is 20.4. The number of anilines is 1. The van der Waals surface area contributed by atoms with Crippen molar-refractivity contribution in [3.63, 3.8) is 0 Å². The fourth-order valence-electron chi connectivity index (χ4n) is 9.99. The number of carbonyl (C=O) groups is 1. The van der Waals surface area contributed by atoms with Gasteiger partial charge in [-0.25, -0.2) is 23.4 Å². The number of piperazine rings is 1. The van der Waals surface area contributed by atoms with Gasteiger partial charge in [0.05, 0.1) is 29.2 Å². The molecule has 2 aromatic heterocycles. The molecule has 2 saturated heterocycles. The number of methoxy groups -OCH3 is 1. The van der Waals surface area contributed by atoms with Crippen molar-refractivity contribution in [2.75, 3.05) is 25.3 Å². The SMILES string of the molecule is COCOc1cc(-c2nc3c4c(nc(=O)n(C)c4c2F)N2C[C@H]4CC[C@@H]([C@H]2[C@H](C)O3)N4C(=O)OC(C)(C)C)c2c(C#C[Si](C(C)C)(C(C)C)C(C)C)c(F)ccc2c1. The van der Waals surface area contributed by atoms with Gasteiger partial charge in [0.15, 0.2) is 12.6 Å². The number of nitrogens with zero attached hydrogens (tertiary/aromatic N) is 5. The molecule has 2 bridgehead atoms.